The summed E-state index contributed by atoms with van der Waals surface area (Å²) in [6.45, 7) is -0.695. The molecule has 2 rings (SSSR count). The number of ether oxygens (including phenoxy) is 2. The monoisotopic (exact) mass is 332 g/mol. The second kappa shape index (κ2) is 5.73. The minimum Gasteiger partial charge on any atom is -0.465 e. The standard InChI is InChI=1S/C11H15F3O6S/c12-9(11(13,14)21(16,17)18)3-4-19-10(15)7-5-6-1-2-8(7)20-6/h6-9H,1-5H2,(H,16,17,18). The van der Waals surface area contributed by atoms with Crippen LogP contribution in [-0.4, -0.2) is 49.2 Å². The third-order valence-electron chi connectivity index (χ3n) is 3.73. The first-order chi connectivity index (χ1) is 9.63. The van der Waals surface area contributed by atoms with E-state index in [0.29, 0.717) is 6.42 Å². The van der Waals surface area contributed by atoms with Crippen molar-refractivity contribution >= 4 is 16.1 Å². The van der Waals surface area contributed by atoms with Gasteiger partial charge in [-0.15, -0.1) is 0 Å². The van der Waals surface area contributed by atoms with Crippen molar-refractivity contribution in [3.8, 4) is 0 Å². The third kappa shape index (κ3) is 3.32. The molecule has 0 aromatic rings. The number of carbonyl (C=O) groups excluding carboxylic acids is 1. The molecule has 0 radical (unpaired) electrons. The van der Waals surface area contributed by atoms with E-state index in [1.807, 2.05) is 0 Å². The van der Waals surface area contributed by atoms with Gasteiger partial charge >= 0.3 is 21.3 Å². The van der Waals surface area contributed by atoms with Gasteiger partial charge in [0, 0.05) is 6.42 Å². The molecule has 6 nitrogen and oxygen atoms in total. The van der Waals surface area contributed by atoms with Crippen LogP contribution in [0.1, 0.15) is 25.7 Å². The number of halogens is 3. The molecule has 0 aromatic carbocycles. The van der Waals surface area contributed by atoms with Crippen LogP contribution < -0.4 is 0 Å². The predicted octanol–water partition coefficient (Wildman–Crippen LogP) is 1.31. The van der Waals surface area contributed by atoms with E-state index in [-0.39, 0.29) is 12.2 Å². The van der Waals surface area contributed by atoms with Crippen LogP contribution >= 0.6 is 0 Å². The average Bonchev–Trinajstić information content (AvgIpc) is 2.99. The minimum absolute atomic E-state index is 0.00494. The summed E-state index contributed by atoms with van der Waals surface area (Å²) in [4.78, 5) is 11.7. The molecule has 2 aliphatic rings. The maximum Gasteiger partial charge on any atom is 0.400 e. The topological polar surface area (TPSA) is 89.9 Å². The smallest absolute Gasteiger partial charge is 0.400 e. The Hall–Kier alpha value is -0.870. The highest BCUT2D eigenvalue weighted by Crippen LogP contribution is 2.39. The molecule has 2 saturated heterocycles. The molecule has 21 heavy (non-hydrogen) atoms. The summed E-state index contributed by atoms with van der Waals surface area (Å²) >= 11 is 0. The molecule has 4 unspecified atom stereocenters. The summed E-state index contributed by atoms with van der Waals surface area (Å²) in [6, 6.07) is 0. The Morgan fingerprint density at radius 3 is 2.57 bits per heavy atom. The van der Waals surface area contributed by atoms with Crippen molar-refractivity contribution in [3.05, 3.63) is 0 Å². The molecule has 0 aromatic heterocycles. The predicted molar refractivity (Wildman–Crippen MR) is 63.0 cm³/mol. The quantitative estimate of drug-likeness (QED) is 0.582. The molecule has 4 atom stereocenters. The molecule has 2 heterocycles. The number of hydrogen-bond acceptors (Lipinski definition) is 5. The summed E-state index contributed by atoms with van der Waals surface area (Å²) in [7, 11) is -5.84. The highest BCUT2D eigenvalue weighted by atomic mass is 32.2. The first kappa shape index (κ1) is 16.5. The fourth-order valence-electron chi connectivity index (χ4n) is 2.59. The van der Waals surface area contributed by atoms with E-state index in [4.69, 9.17) is 9.29 Å². The van der Waals surface area contributed by atoms with Crippen LogP contribution in [0.25, 0.3) is 0 Å². The highest BCUT2D eigenvalue weighted by molar-refractivity contribution is 7.86. The maximum absolute atomic E-state index is 13.1. The lowest BCUT2D eigenvalue weighted by atomic mass is 9.89. The molecule has 2 aliphatic heterocycles. The van der Waals surface area contributed by atoms with E-state index in [1.165, 1.54) is 0 Å². The van der Waals surface area contributed by atoms with Gasteiger partial charge in [0.05, 0.1) is 24.7 Å². The highest BCUT2D eigenvalue weighted by Gasteiger charge is 2.52. The molecule has 2 bridgehead atoms. The fourth-order valence-corrected chi connectivity index (χ4v) is 3.03. The molecular formula is C11H15F3O6S. The molecule has 0 saturated carbocycles. The van der Waals surface area contributed by atoms with Crippen molar-refractivity contribution < 1.29 is 40.4 Å². The van der Waals surface area contributed by atoms with Crippen molar-refractivity contribution in [2.75, 3.05) is 6.61 Å². The zero-order valence-corrected chi connectivity index (χ0v) is 11.7. The van der Waals surface area contributed by atoms with Gasteiger partial charge in [0.1, 0.15) is 0 Å². The Bertz CT molecular complexity index is 508. The number of fused-ring (bicyclic) bond motifs is 2. The lowest BCUT2D eigenvalue weighted by Crippen LogP contribution is -2.39. The van der Waals surface area contributed by atoms with E-state index in [0.717, 1.165) is 12.8 Å². The van der Waals surface area contributed by atoms with Gasteiger partial charge in [-0.05, 0) is 19.3 Å². The first-order valence-corrected chi connectivity index (χ1v) is 7.88. The normalized spacial score (nSPS) is 30.4. The van der Waals surface area contributed by atoms with Gasteiger partial charge in [0.15, 0.2) is 6.17 Å². The SMILES string of the molecule is O=C(OCCC(F)C(F)(F)S(=O)(=O)O)C1CC2CCC1O2. The number of carbonyl (C=O) groups is 1. The van der Waals surface area contributed by atoms with Gasteiger partial charge in [-0.2, -0.15) is 17.2 Å². The van der Waals surface area contributed by atoms with E-state index in [9.17, 15) is 26.4 Å². The number of esters is 1. The van der Waals surface area contributed by atoms with E-state index < -0.39 is 46.5 Å². The summed E-state index contributed by atoms with van der Waals surface area (Å²) in [5.74, 6) is -1.14. The summed E-state index contributed by atoms with van der Waals surface area (Å²) in [5, 5.41) is -4.92. The zero-order valence-electron chi connectivity index (χ0n) is 10.9. The van der Waals surface area contributed by atoms with Gasteiger partial charge in [-0.25, -0.2) is 4.39 Å². The molecular weight excluding hydrogens is 317 g/mol. The first-order valence-electron chi connectivity index (χ1n) is 6.44. The van der Waals surface area contributed by atoms with E-state index >= 15 is 0 Å². The Labute approximate surface area is 119 Å². The minimum atomic E-state index is -5.84. The molecule has 1 N–H and O–H groups in total. The Balaban J connectivity index is 1.78. The van der Waals surface area contributed by atoms with Gasteiger partial charge in [-0.1, -0.05) is 0 Å². The van der Waals surface area contributed by atoms with Crippen LogP contribution in [0.5, 0.6) is 0 Å². The van der Waals surface area contributed by atoms with Crippen LogP contribution in [0.4, 0.5) is 13.2 Å². The molecule has 0 aliphatic carbocycles. The fraction of sp³-hybridized carbons (Fsp3) is 0.909. The Morgan fingerprint density at radius 2 is 2.10 bits per heavy atom. The van der Waals surface area contributed by atoms with Crippen molar-refractivity contribution in [1.82, 2.24) is 0 Å². The molecule has 2 fully saturated rings. The van der Waals surface area contributed by atoms with Crippen molar-refractivity contribution in [3.63, 3.8) is 0 Å². The maximum atomic E-state index is 13.1. The average molecular weight is 332 g/mol. The third-order valence-corrected chi connectivity index (χ3v) is 4.68. The van der Waals surface area contributed by atoms with Crippen LogP contribution in [-0.2, 0) is 24.4 Å². The molecule has 0 spiro atoms. The largest absolute Gasteiger partial charge is 0.465 e. The molecule has 10 heteroatoms. The van der Waals surface area contributed by atoms with E-state index in [2.05, 4.69) is 4.74 Å². The summed E-state index contributed by atoms with van der Waals surface area (Å²) < 4.78 is 77.9. The van der Waals surface area contributed by atoms with Gasteiger partial charge in [0.25, 0.3) is 0 Å². The van der Waals surface area contributed by atoms with Crippen molar-refractivity contribution in [1.29, 1.82) is 0 Å². The second-order valence-corrected chi connectivity index (χ2v) is 6.67. The second-order valence-electron chi connectivity index (χ2n) is 5.18. The van der Waals surface area contributed by atoms with Gasteiger partial charge < -0.3 is 9.47 Å². The van der Waals surface area contributed by atoms with Gasteiger partial charge in [-0.3, -0.25) is 9.35 Å². The zero-order chi connectivity index (χ0) is 15.8. The number of hydrogen-bond donors (Lipinski definition) is 1. The Morgan fingerprint density at radius 1 is 1.43 bits per heavy atom. The lowest BCUT2D eigenvalue weighted by molar-refractivity contribution is -0.151. The van der Waals surface area contributed by atoms with Crippen molar-refractivity contribution in [2.45, 2.75) is 49.3 Å². The van der Waals surface area contributed by atoms with Crippen LogP contribution in [0.3, 0.4) is 0 Å². The molecule has 0 amide bonds. The summed E-state index contributed by atoms with van der Waals surface area (Å²) in [6.07, 6.45) is -2.35. The summed E-state index contributed by atoms with van der Waals surface area (Å²) in [5.41, 5.74) is 0. The van der Waals surface area contributed by atoms with Crippen LogP contribution in [0.15, 0.2) is 0 Å². The lowest BCUT2D eigenvalue weighted by Gasteiger charge is -2.19. The van der Waals surface area contributed by atoms with Crippen LogP contribution in [0, 0.1) is 5.92 Å². The van der Waals surface area contributed by atoms with Crippen molar-refractivity contribution in [2.24, 2.45) is 5.92 Å². The number of rotatable bonds is 6. The Kier molecular flexibility index (Phi) is 4.50. The van der Waals surface area contributed by atoms with Crippen LogP contribution in [0.2, 0.25) is 0 Å². The molecule has 122 valence electrons. The van der Waals surface area contributed by atoms with E-state index in [1.54, 1.807) is 0 Å². The number of alkyl halides is 3. The van der Waals surface area contributed by atoms with Gasteiger partial charge in [0.2, 0.25) is 0 Å².